The lowest BCUT2D eigenvalue weighted by Gasteiger charge is -2.14. The normalized spacial score (nSPS) is 10.7. The van der Waals surface area contributed by atoms with Crippen LogP contribution in [0.15, 0.2) is 91.0 Å². The first-order chi connectivity index (χ1) is 21.1. The minimum Gasteiger partial charge on any atom is -0.247 e. The SMILES string of the molecule is [C-]#[N+]c1cccc(-c2cc3c(-c4ccc(-c5c(C#N)cc(C#N)cc5C#N)cc4)nc4ccccc4c3c3nsnc23)c1. The van der Waals surface area contributed by atoms with Gasteiger partial charge in [0.2, 0.25) is 0 Å². The van der Waals surface area contributed by atoms with E-state index in [-0.39, 0.29) is 16.7 Å². The van der Waals surface area contributed by atoms with Crippen LogP contribution in [0, 0.1) is 40.6 Å². The molecule has 0 radical (unpaired) electrons. The maximum absolute atomic E-state index is 9.79. The maximum atomic E-state index is 9.79. The smallest absolute Gasteiger partial charge is 0.187 e. The van der Waals surface area contributed by atoms with Gasteiger partial charge in [0.15, 0.2) is 5.69 Å². The molecule has 0 spiro atoms. The summed E-state index contributed by atoms with van der Waals surface area (Å²) in [7, 11) is 0. The van der Waals surface area contributed by atoms with E-state index in [1.54, 1.807) is 6.07 Å². The van der Waals surface area contributed by atoms with Gasteiger partial charge >= 0.3 is 0 Å². The number of fused-ring (bicyclic) bond motifs is 5. The number of aromatic nitrogens is 3. The van der Waals surface area contributed by atoms with E-state index in [9.17, 15) is 15.8 Å². The molecule has 0 saturated heterocycles. The highest BCUT2D eigenvalue weighted by atomic mass is 32.1. The minimum atomic E-state index is 0.265. The lowest BCUT2D eigenvalue weighted by Crippen LogP contribution is -1.94. The third-order valence-electron chi connectivity index (χ3n) is 7.44. The van der Waals surface area contributed by atoms with Crippen LogP contribution in [0.1, 0.15) is 16.7 Å². The first kappa shape index (κ1) is 25.5. The van der Waals surface area contributed by atoms with Crippen LogP contribution in [0.5, 0.6) is 0 Å². The first-order valence-electron chi connectivity index (χ1n) is 13.1. The van der Waals surface area contributed by atoms with Crippen molar-refractivity contribution in [3.05, 3.63) is 119 Å². The maximum Gasteiger partial charge on any atom is 0.187 e. The highest BCUT2D eigenvalue weighted by Crippen LogP contribution is 2.42. The summed E-state index contributed by atoms with van der Waals surface area (Å²) in [5, 5.41) is 31.7. The van der Waals surface area contributed by atoms with E-state index in [1.165, 1.54) is 12.1 Å². The second-order valence-corrected chi connectivity index (χ2v) is 10.3. The Hall–Kier alpha value is -6.45. The van der Waals surface area contributed by atoms with Gasteiger partial charge < -0.3 is 0 Å². The predicted molar refractivity (Wildman–Crippen MR) is 167 cm³/mol. The molecule has 0 atom stereocenters. The standard InChI is InChI=1S/C35H15N7S/c1-39-26-6-4-5-23(15-26)28-16-29-32(35-34(28)41-43-42-35)27-7-2-3-8-30(27)40-33(29)22-11-9-21(10-12-22)31-24(18-37)13-20(17-36)14-25(31)19-38/h2-16H. The molecule has 0 aliphatic heterocycles. The third kappa shape index (κ3) is 4.12. The molecule has 0 unspecified atom stereocenters. The predicted octanol–water partition coefficient (Wildman–Crippen LogP) is 8.56. The van der Waals surface area contributed by atoms with Gasteiger partial charge in [0, 0.05) is 32.8 Å². The van der Waals surface area contributed by atoms with Gasteiger partial charge in [0.05, 0.1) is 64.4 Å². The zero-order valence-electron chi connectivity index (χ0n) is 22.2. The van der Waals surface area contributed by atoms with Crippen molar-refractivity contribution in [3.63, 3.8) is 0 Å². The molecule has 0 aliphatic carbocycles. The van der Waals surface area contributed by atoms with E-state index >= 15 is 0 Å². The quantitative estimate of drug-likeness (QED) is 0.157. The van der Waals surface area contributed by atoms with Crippen LogP contribution in [0.4, 0.5) is 5.69 Å². The van der Waals surface area contributed by atoms with Crippen molar-refractivity contribution in [1.82, 2.24) is 13.7 Å². The summed E-state index contributed by atoms with van der Waals surface area (Å²) >= 11 is 1.15. The number of rotatable bonds is 3. The van der Waals surface area contributed by atoms with Crippen molar-refractivity contribution in [2.24, 2.45) is 0 Å². The Morgan fingerprint density at radius 3 is 2.12 bits per heavy atom. The van der Waals surface area contributed by atoms with Gasteiger partial charge in [-0.1, -0.05) is 60.7 Å². The average Bonchev–Trinajstić information content (AvgIpc) is 3.57. The van der Waals surface area contributed by atoms with Gasteiger partial charge in [-0.05, 0) is 41.5 Å². The topological polar surface area (TPSA) is 114 Å². The summed E-state index contributed by atoms with van der Waals surface area (Å²) in [5.74, 6) is 0. The molecule has 8 heteroatoms. The minimum absolute atomic E-state index is 0.265. The number of nitrogens with zero attached hydrogens (tertiary/aromatic N) is 7. The molecular formula is C35H15N7S. The molecule has 5 aromatic carbocycles. The number of nitriles is 3. The second-order valence-electron chi connectivity index (χ2n) is 9.81. The van der Waals surface area contributed by atoms with Gasteiger partial charge in [-0.2, -0.15) is 24.5 Å². The Kier molecular flexibility index (Phi) is 6.04. The van der Waals surface area contributed by atoms with Crippen molar-refractivity contribution in [2.75, 3.05) is 0 Å². The molecular weight excluding hydrogens is 551 g/mol. The van der Waals surface area contributed by atoms with E-state index < -0.39 is 0 Å². The summed E-state index contributed by atoms with van der Waals surface area (Å²) in [5.41, 5.74) is 8.21. The molecule has 0 saturated carbocycles. The summed E-state index contributed by atoms with van der Waals surface area (Å²) in [6.45, 7) is 7.49. The van der Waals surface area contributed by atoms with Crippen LogP contribution in [0.3, 0.4) is 0 Å². The molecule has 0 fully saturated rings. The van der Waals surface area contributed by atoms with Crippen LogP contribution >= 0.6 is 11.7 Å². The first-order valence-corrected chi connectivity index (χ1v) is 13.8. The van der Waals surface area contributed by atoms with Crippen LogP contribution in [-0.2, 0) is 0 Å². The molecule has 0 amide bonds. The van der Waals surface area contributed by atoms with Crippen molar-refractivity contribution in [3.8, 4) is 51.7 Å². The Balaban J connectivity index is 1.50. The fraction of sp³-hybridized carbons (Fsp3) is 0. The monoisotopic (exact) mass is 565 g/mol. The fourth-order valence-electron chi connectivity index (χ4n) is 5.54. The average molecular weight is 566 g/mol. The van der Waals surface area contributed by atoms with Crippen LogP contribution < -0.4 is 0 Å². The van der Waals surface area contributed by atoms with E-state index in [2.05, 4.69) is 27.4 Å². The van der Waals surface area contributed by atoms with E-state index in [0.29, 0.717) is 16.8 Å². The molecule has 7 aromatic rings. The molecule has 0 aliphatic rings. The van der Waals surface area contributed by atoms with Crippen molar-refractivity contribution < 1.29 is 0 Å². The number of para-hydroxylation sites is 1. The summed E-state index contributed by atoms with van der Waals surface area (Å²) in [6.07, 6.45) is 0. The molecule has 7 rings (SSSR count). The highest BCUT2D eigenvalue weighted by molar-refractivity contribution is 7.00. The Morgan fingerprint density at radius 1 is 0.674 bits per heavy atom. The number of benzene rings is 5. The van der Waals surface area contributed by atoms with Gasteiger partial charge in [0.25, 0.3) is 0 Å². The highest BCUT2D eigenvalue weighted by Gasteiger charge is 2.20. The fourth-order valence-corrected chi connectivity index (χ4v) is 6.10. The van der Waals surface area contributed by atoms with Gasteiger partial charge in [-0.15, -0.1) is 0 Å². The van der Waals surface area contributed by atoms with E-state index in [0.717, 1.165) is 66.8 Å². The molecule has 0 N–H and O–H groups in total. The van der Waals surface area contributed by atoms with Gasteiger partial charge in [-0.25, -0.2) is 9.83 Å². The summed E-state index contributed by atoms with van der Waals surface area (Å²) in [6, 6.07) is 34.3. The molecule has 7 nitrogen and oxygen atoms in total. The zero-order chi connectivity index (χ0) is 29.5. The van der Waals surface area contributed by atoms with Gasteiger partial charge in [-0.3, -0.25) is 0 Å². The van der Waals surface area contributed by atoms with Crippen molar-refractivity contribution in [2.45, 2.75) is 0 Å². The van der Waals surface area contributed by atoms with E-state index in [4.69, 9.17) is 15.9 Å². The molecule has 0 bridgehead atoms. The zero-order valence-corrected chi connectivity index (χ0v) is 23.0. The molecule has 2 aromatic heterocycles. The van der Waals surface area contributed by atoms with E-state index in [1.807, 2.05) is 72.8 Å². The largest absolute Gasteiger partial charge is 0.247 e. The molecule has 2 heterocycles. The number of pyridine rings is 1. The third-order valence-corrected chi connectivity index (χ3v) is 7.97. The number of hydrogen-bond donors (Lipinski definition) is 0. The molecule has 43 heavy (non-hydrogen) atoms. The van der Waals surface area contributed by atoms with Crippen LogP contribution in [-0.4, -0.2) is 13.7 Å². The van der Waals surface area contributed by atoms with Crippen LogP contribution in [0.2, 0.25) is 0 Å². The Labute approximate surface area is 249 Å². The summed E-state index contributed by atoms with van der Waals surface area (Å²) in [4.78, 5) is 8.70. The Bertz CT molecular complexity index is 2410. The van der Waals surface area contributed by atoms with Crippen LogP contribution in [0.25, 0.3) is 71.1 Å². The number of hydrogen-bond acceptors (Lipinski definition) is 7. The second kappa shape index (κ2) is 10.2. The van der Waals surface area contributed by atoms with Crippen molar-refractivity contribution >= 4 is 50.1 Å². The Morgan fingerprint density at radius 2 is 1.40 bits per heavy atom. The lowest BCUT2D eigenvalue weighted by atomic mass is 9.91. The van der Waals surface area contributed by atoms with Gasteiger partial charge in [0.1, 0.15) is 11.0 Å². The summed E-state index contributed by atoms with van der Waals surface area (Å²) < 4.78 is 9.38. The lowest BCUT2D eigenvalue weighted by molar-refractivity contribution is 1.40. The molecule has 196 valence electrons. The van der Waals surface area contributed by atoms with Crippen molar-refractivity contribution in [1.29, 1.82) is 15.8 Å².